The van der Waals surface area contributed by atoms with Crippen molar-refractivity contribution in [1.29, 1.82) is 0 Å². The van der Waals surface area contributed by atoms with Gasteiger partial charge in [-0.15, -0.1) is 11.3 Å². The summed E-state index contributed by atoms with van der Waals surface area (Å²) >= 11 is 1.67. The second-order valence-electron chi connectivity index (χ2n) is 5.18. The van der Waals surface area contributed by atoms with E-state index in [4.69, 9.17) is 4.74 Å². The Labute approximate surface area is 112 Å². The number of nitrogens with one attached hydrogen (secondary N) is 1. The molecule has 0 saturated heterocycles. The number of ether oxygens (including phenoxy) is 1. The smallest absolute Gasteiger partial charge is 0.193 e. The zero-order valence-electron chi connectivity index (χ0n) is 11.4. The molecule has 18 heavy (non-hydrogen) atoms. The number of rotatable bonds is 6. The first kappa shape index (κ1) is 13.5. The molecule has 0 radical (unpaired) electrons. The molecular formula is C13H21N3OS. The topological polar surface area (TPSA) is 38.6 Å². The maximum atomic E-state index is 5.49. The van der Waals surface area contributed by atoms with Crippen molar-refractivity contribution in [3.63, 3.8) is 0 Å². The van der Waals surface area contributed by atoms with Crippen LogP contribution in [0.2, 0.25) is 0 Å². The van der Waals surface area contributed by atoms with Gasteiger partial charge in [0.25, 0.3) is 0 Å². The van der Waals surface area contributed by atoms with Crippen molar-refractivity contribution in [2.75, 3.05) is 14.2 Å². The zero-order valence-corrected chi connectivity index (χ0v) is 12.3. The van der Waals surface area contributed by atoms with Crippen LogP contribution in [0.5, 0.6) is 0 Å². The molecule has 0 aliphatic rings. The molecule has 2 heterocycles. The predicted octanol–water partition coefficient (Wildman–Crippen LogP) is 2.34. The molecule has 0 aliphatic heterocycles. The van der Waals surface area contributed by atoms with Crippen LogP contribution in [0.3, 0.4) is 0 Å². The lowest BCUT2D eigenvalue weighted by Crippen LogP contribution is -2.37. The quantitative estimate of drug-likeness (QED) is 0.873. The summed E-state index contributed by atoms with van der Waals surface area (Å²) in [6.07, 6.45) is 6.04. The van der Waals surface area contributed by atoms with Gasteiger partial charge in [0.2, 0.25) is 0 Å². The molecule has 0 fully saturated rings. The fourth-order valence-corrected chi connectivity index (χ4v) is 2.80. The molecular weight excluding hydrogens is 246 g/mol. The molecule has 0 bridgehead atoms. The molecule has 0 saturated carbocycles. The van der Waals surface area contributed by atoms with E-state index in [-0.39, 0.29) is 5.60 Å². The molecule has 0 aliphatic carbocycles. The van der Waals surface area contributed by atoms with Crippen LogP contribution in [-0.2, 0) is 11.2 Å². The van der Waals surface area contributed by atoms with Gasteiger partial charge in [-0.25, -0.2) is 4.98 Å². The Balaban J connectivity index is 2.04. The Bertz CT molecular complexity index is 475. The van der Waals surface area contributed by atoms with E-state index in [9.17, 15) is 0 Å². The second kappa shape index (κ2) is 5.38. The fraction of sp³-hybridized carbons (Fsp3) is 0.615. The molecule has 2 aromatic heterocycles. The van der Waals surface area contributed by atoms with Crippen LogP contribution in [0.15, 0.2) is 17.8 Å². The minimum absolute atomic E-state index is 0.106. The highest BCUT2D eigenvalue weighted by Gasteiger charge is 2.22. The van der Waals surface area contributed by atoms with Crippen molar-refractivity contribution >= 4 is 16.3 Å². The summed E-state index contributed by atoms with van der Waals surface area (Å²) in [5.41, 5.74) is 1.03. The predicted molar refractivity (Wildman–Crippen MR) is 75.3 cm³/mol. The summed E-state index contributed by atoms with van der Waals surface area (Å²) in [6, 6.07) is 0.379. The van der Waals surface area contributed by atoms with Crippen molar-refractivity contribution in [2.24, 2.45) is 0 Å². The van der Waals surface area contributed by atoms with Gasteiger partial charge in [0.1, 0.15) is 0 Å². The monoisotopic (exact) mass is 267 g/mol. The van der Waals surface area contributed by atoms with Gasteiger partial charge >= 0.3 is 0 Å². The lowest BCUT2D eigenvalue weighted by Gasteiger charge is -2.28. The minimum Gasteiger partial charge on any atom is -0.379 e. The van der Waals surface area contributed by atoms with Gasteiger partial charge in [0, 0.05) is 37.3 Å². The van der Waals surface area contributed by atoms with Gasteiger partial charge in [0.15, 0.2) is 4.96 Å². The van der Waals surface area contributed by atoms with E-state index in [0.717, 1.165) is 23.5 Å². The van der Waals surface area contributed by atoms with Crippen molar-refractivity contribution in [3.05, 3.63) is 23.5 Å². The standard InChI is InChI=1S/C13H21N3OS/c1-13(2,17-4)8-10(14-3)7-11-9-16-5-6-18-12(16)15-11/h5-6,9-10,14H,7-8H2,1-4H3. The molecule has 0 spiro atoms. The molecule has 100 valence electrons. The van der Waals surface area contributed by atoms with E-state index in [1.54, 1.807) is 18.4 Å². The fourth-order valence-electron chi connectivity index (χ4n) is 2.08. The summed E-state index contributed by atoms with van der Waals surface area (Å²) in [5.74, 6) is 0. The average Bonchev–Trinajstić information content (AvgIpc) is 2.88. The molecule has 0 amide bonds. The van der Waals surface area contributed by atoms with Gasteiger partial charge < -0.3 is 10.1 Å². The number of aromatic nitrogens is 2. The summed E-state index contributed by atoms with van der Waals surface area (Å²) < 4.78 is 7.57. The highest BCUT2D eigenvalue weighted by atomic mass is 32.1. The number of fused-ring (bicyclic) bond motifs is 1. The van der Waals surface area contributed by atoms with E-state index >= 15 is 0 Å². The number of likely N-dealkylation sites (N-methyl/N-ethyl adjacent to an activating group) is 1. The Morgan fingerprint density at radius 3 is 2.94 bits per heavy atom. The highest BCUT2D eigenvalue weighted by Crippen LogP contribution is 2.19. The number of thiazole rings is 1. The maximum absolute atomic E-state index is 5.49. The third-order valence-corrected chi connectivity index (χ3v) is 4.07. The molecule has 1 atom stereocenters. The molecule has 0 aromatic carbocycles. The average molecular weight is 267 g/mol. The molecule has 1 N–H and O–H groups in total. The number of methoxy groups -OCH3 is 1. The summed E-state index contributed by atoms with van der Waals surface area (Å²) in [5, 5.41) is 5.40. The van der Waals surface area contributed by atoms with Gasteiger partial charge in [-0.2, -0.15) is 0 Å². The number of nitrogens with zero attached hydrogens (tertiary/aromatic N) is 2. The largest absolute Gasteiger partial charge is 0.379 e. The van der Waals surface area contributed by atoms with Gasteiger partial charge in [-0.05, 0) is 27.3 Å². The number of imidazole rings is 1. The summed E-state index contributed by atoms with van der Waals surface area (Å²) in [4.78, 5) is 5.68. The highest BCUT2D eigenvalue weighted by molar-refractivity contribution is 7.15. The first-order valence-electron chi connectivity index (χ1n) is 6.17. The lowest BCUT2D eigenvalue weighted by molar-refractivity contribution is 0.00767. The molecule has 4 nitrogen and oxygen atoms in total. The van der Waals surface area contributed by atoms with Crippen LogP contribution in [0.25, 0.3) is 4.96 Å². The van der Waals surface area contributed by atoms with Crippen LogP contribution in [0, 0.1) is 0 Å². The van der Waals surface area contributed by atoms with Gasteiger partial charge in [-0.3, -0.25) is 4.40 Å². The molecule has 1 unspecified atom stereocenters. The summed E-state index contributed by atoms with van der Waals surface area (Å²) in [7, 11) is 3.76. The van der Waals surface area contributed by atoms with E-state index in [1.807, 2.05) is 13.2 Å². The van der Waals surface area contributed by atoms with E-state index in [0.29, 0.717) is 6.04 Å². The SMILES string of the molecule is CNC(Cc1cn2ccsc2n1)CC(C)(C)OC. The van der Waals surface area contributed by atoms with Crippen LogP contribution >= 0.6 is 11.3 Å². The third kappa shape index (κ3) is 3.10. The Morgan fingerprint density at radius 1 is 1.56 bits per heavy atom. The third-order valence-electron chi connectivity index (χ3n) is 3.30. The number of hydrogen-bond acceptors (Lipinski definition) is 4. The van der Waals surface area contributed by atoms with Crippen LogP contribution in [0.4, 0.5) is 0 Å². The minimum atomic E-state index is -0.106. The van der Waals surface area contributed by atoms with E-state index in [2.05, 4.69) is 40.1 Å². The lowest BCUT2D eigenvalue weighted by atomic mass is 9.96. The number of hydrogen-bond donors (Lipinski definition) is 1. The zero-order chi connectivity index (χ0) is 13.2. The van der Waals surface area contributed by atoms with Gasteiger partial charge in [0.05, 0.1) is 11.3 Å². The molecule has 2 rings (SSSR count). The van der Waals surface area contributed by atoms with Crippen LogP contribution in [0.1, 0.15) is 26.0 Å². The first-order chi connectivity index (χ1) is 8.54. The van der Waals surface area contributed by atoms with E-state index in [1.165, 1.54) is 0 Å². The van der Waals surface area contributed by atoms with E-state index < -0.39 is 0 Å². The molecule has 5 heteroatoms. The van der Waals surface area contributed by atoms with Crippen molar-refractivity contribution in [1.82, 2.24) is 14.7 Å². The Hall–Kier alpha value is -0.910. The molecule has 2 aromatic rings. The maximum Gasteiger partial charge on any atom is 0.193 e. The normalized spacial score (nSPS) is 14.2. The summed E-state index contributed by atoms with van der Waals surface area (Å²) in [6.45, 7) is 4.23. The first-order valence-corrected chi connectivity index (χ1v) is 7.05. The van der Waals surface area contributed by atoms with Crippen molar-refractivity contribution in [2.45, 2.75) is 38.3 Å². The second-order valence-corrected chi connectivity index (χ2v) is 6.06. The van der Waals surface area contributed by atoms with Crippen molar-refractivity contribution < 1.29 is 4.74 Å². The van der Waals surface area contributed by atoms with Crippen molar-refractivity contribution in [3.8, 4) is 0 Å². The van der Waals surface area contributed by atoms with Crippen LogP contribution in [-0.4, -0.2) is 35.2 Å². The Morgan fingerprint density at radius 2 is 2.33 bits per heavy atom. The van der Waals surface area contributed by atoms with Gasteiger partial charge in [-0.1, -0.05) is 0 Å². The van der Waals surface area contributed by atoms with Crippen LogP contribution < -0.4 is 5.32 Å². The Kier molecular flexibility index (Phi) is 4.04.